The Balaban J connectivity index is 1.52. The summed E-state index contributed by atoms with van der Waals surface area (Å²) in [6, 6.07) is 4.05. The number of aromatic nitrogens is 2. The van der Waals surface area contributed by atoms with Crippen LogP contribution in [0.2, 0.25) is 0 Å². The van der Waals surface area contributed by atoms with Crippen LogP contribution in [0.1, 0.15) is 37.8 Å². The second-order valence-corrected chi connectivity index (χ2v) is 7.83. The summed E-state index contributed by atoms with van der Waals surface area (Å²) in [5.74, 6) is 0.0357. The van der Waals surface area contributed by atoms with E-state index in [-0.39, 0.29) is 29.9 Å². The maximum Gasteiger partial charge on any atom is 0.416 e. The van der Waals surface area contributed by atoms with E-state index in [9.17, 15) is 22.8 Å². The number of carbonyl (C=O) groups excluding carboxylic acids is 2. The van der Waals surface area contributed by atoms with Gasteiger partial charge < -0.3 is 9.84 Å². The largest absolute Gasteiger partial charge is 0.416 e. The van der Waals surface area contributed by atoms with Crippen LogP contribution in [-0.2, 0) is 11.0 Å². The summed E-state index contributed by atoms with van der Waals surface area (Å²) in [5, 5.41) is 8.74. The van der Waals surface area contributed by atoms with Gasteiger partial charge in [0.2, 0.25) is 17.6 Å². The van der Waals surface area contributed by atoms with Crippen LogP contribution in [0.3, 0.4) is 0 Å². The lowest BCUT2D eigenvalue weighted by molar-refractivity contribution is -0.137. The zero-order chi connectivity index (χ0) is 24.0. The van der Waals surface area contributed by atoms with Gasteiger partial charge in [-0.2, -0.15) is 18.2 Å². The fourth-order valence-corrected chi connectivity index (χ4v) is 3.47. The lowest BCUT2D eigenvalue weighted by Gasteiger charge is -2.36. The molecule has 33 heavy (non-hydrogen) atoms. The minimum Gasteiger partial charge on any atom is -0.338 e. The molecule has 2 heterocycles. The van der Waals surface area contributed by atoms with Crippen molar-refractivity contribution in [3.63, 3.8) is 0 Å². The molecule has 0 saturated carbocycles. The third-order valence-electron chi connectivity index (χ3n) is 5.36. The third kappa shape index (κ3) is 6.75. The van der Waals surface area contributed by atoms with Crippen molar-refractivity contribution in [2.24, 2.45) is 0 Å². The van der Waals surface area contributed by atoms with E-state index < -0.39 is 17.8 Å². The van der Waals surface area contributed by atoms with Gasteiger partial charge in [0.25, 0.3) is 0 Å². The zero-order valence-corrected chi connectivity index (χ0v) is 18.5. The summed E-state index contributed by atoms with van der Waals surface area (Å²) in [7, 11) is 0. The van der Waals surface area contributed by atoms with Crippen molar-refractivity contribution in [3.8, 4) is 11.4 Å². The Morgan fingerprint density at radius 2 is 1.94 bits per heavy atom. The van der Waals surface area contributed by atoms with Gasteiger partial charge in [-0.1, -0.05) is 24.2 Å². The SMILES string of the molecule is CCCNC(=O)NC(=O)CN1CCN(C(C)c2nc(-c3cccc(C(F)(F)F)c3)no2)CC1. The highest BCUT2D eigenvalue weighted by molar-refractivity contribution is 5.95. The lowest BCUT2D eigenvalue weighted by Crippen LogP contribution is -2.51. The first-order valence-electron chi connectivity index (χ1n) is 10.7. The summed E-state index contributed by atoms with van der Waals surface area (Å²) >= 11 is 0. The molecule has 2 aromatic rings. The van der Waals surface area contributed by atoms with Crippen LogP contribution in [-0.4, -0.2) is 71.1 Å². The van der Waals surface area contributed by atoms with Crippen molar-refractivity contribution < 1.29 is 27.3 Å². The molecule has 1 unspecified atom stereocenters. The summed E-state index contributed by atoms with van der Waals surface area (Å²) in [6.45, 7) is 6.86. The van der Waals surface area contributed by atoms with Gasteiger partial charge in [0, 0.05) is 38.3 Å². The van der Waals surface area contributed by atoms with Crippen molar-refractivity contribution in [1.29, 1.82) is 0 Å². The van der Waals surface area contributed by atoms with Crippen molar-refractivity contribution in [3.05, 3.63) is 35.7 Å². The average molecular weight is 468 g/mol. The molecule has 1 aliphatic rings. The molecule has 2 N–H and O–H groups in total. The number of hydrogen-bond acceptors (Lipinski definition) is 7. The smallest absolute Gasteiger partial charge is 0.338 e. The Bertz CT molecular complexity index is 957. The Morgan fingerprint density at radius 1 is 1.21 bits per heavy atom. The minimum atomic E-state index is -4.45. The molecule has 0 bridgehead atoms. The lowest BCUT2D eigenvalue weighted by atomic mass is 10.1. The van der Waals surface area contributed by atoms with E-state index in [1.807, 2.05) is 18.7 Å². The van der Waals surface area contributed by atoms with E-state index in [2.05, 4.69) is 25.7 Å². The van der Waals surface area contributed by atoms with Crippen LogP contribution in [0.15, 0.2) is 28.8 Å². The maximum absolute atomic E-state index is 13.0. The van der Waals surface area contributed by atoms with E-state index in [0.29, 0.717) is 38.6 Å². The van der Waals surface area contributed by atoms with Crippen molar-refractivity contribution in [1.82, 2.24) is 30.6 Å². The number of amides is 3. The number of rotatable bonds is 7. The zero-order valence-electron chi connectivity index (χ0n) is 18.5. The maximum atomic E-state index is 13.0. The molecule has 1 aromatic carbocycles. The van der Waals surface area contributed by atoms with E-state index in [1.165, 1.54) is 12.1 Å². The van der Waals surface area contributed by atoms with Crippen molar-refractivity contribution >= 4 is 11.9 Å². The summed E-state index contributed by atoms with van der Waals surface area (Å²) in [6.07, 6.45) is -3.67. The highest BCUT2D eigenvalue weighted by Gasteiger charge is 2.31. The topological polar surface area (TPSA) is 104 Å². The van der Waals surface area contributed by atoms with Gasteiger partial charge >= 0.3 is 12.2 Å². The molecule has 9 nitrogen and oxygen atoms in total. The highest BCUT2D eigenvalue weighted by Crippen LogP contribution is 2.32. The first kappa shape index (κ1) is 24.6. The molecular weight excluding hydrogens is 441 g/mol. The van der Waals surface area contributed by atoms with Crippen molar-refractivity contribution in [2.75, 3.05) is 39.3 Å². The van der Waals surface area contributed by atoms with E-state index >= 15 is 0 Å². The van der Waals surface area contributed by atoms with Gasteiger partial charge in [-0.05, 0) is 25.5 Å². The Kier molecular flexibility index (Phi) is 8.03. The monoisotopic (exact) mass is 468 g/mol. The van der Waals surface area contributed by atoms with E-state index in [0.717, 1.165) is 18.6 Å². The average Bonchev–Trinajstić information content (AvgIpc) is 3.27. The molecule has 1 atom stereocenters. The van der Waals surface area contributed by atoms with Crippen LogP contribution < -0.4 is 10.6 Å². The first-order chi connectivity index (χ1) is 15.7. The second-order valence-electron chi connectivity index (χ2n) is 7.83. The second kappa shape index (κ2) is 10.8. The van der Waals surface area contributed by atoms with Crippen molar-refractivity contribution in [2.45, 2.75) is 32.5 Å². The number of nitrogens with zero attached hydrogens (tertiary/aromatic N) is 4. The molecule has 180 valence electrons. The predicted molar refractivity (Wildman–Crippen MR) is 113 cm³/mol. The molecule has 1 saturated heterocycles. The van der Waals surface area contributed by atoms with Crippen LogP contribution in [0.25, 0.3) is 11.4 Å². The number of hydrogen-bond donors (Lipinski definition) is 2. The predicted octanol–water partition coefficient (Wildman–Crippen LogP) is 2.67. The number of nitrogens with one attached hydrogen (secondary N) is 2. The number of benzene rings is 1. The molecule has 12 heteroatoms. The number of urea groups is 1. The van der Waals surface area contributed by atoms with Gasteiger partial charge in [-0.25, -0.2) is 4.79 Å². The molecule has 0 aliphatic carbocycles. The molecule has 3 amide bonds. The van der Waals surface area contributed by atoms with E-state index in [4.69, 9.17) is 4.52 Å². The summed E-state index contributed by atoms with van der Waals surface area (Å²) in [5.41, 5.74) is -0.548. The Morgan fingerprint density at radius 3 is 2.61 bits per heavy atom. The third-order valence-corrected chi connectivity index (χ3v) is 5.36. The molecule has 3 rings (SSSR count). The number of halogens is 3. The normalized spacial score (nSPS) is 16.4. The standard InChI is InChI=1S/C21H27F3N6O3/c1-3-7-25-20(32)26-17(31)13-29-8-10-30(11-9-29)14(2)19-27-18(28-33-19)15-5-4-6-16(12-15)21(22,23)24/h4-6,12,14H,3,7-11,13H2,1-2H3,(H2,25,26,31,32). The van der Waals surface area contributed by atoms with Gasteiger partial charge in [0.15, 0.2) is 0 Å². The van der Waals surface area contributed by atoms with Gasteiger partial charge in [-0.3, -0.25) is 19.9 Å². The van der Waals surface area contributed by atoms with Crippen LogP contribution in [0.4, 0.5) is 18.0 Å². The highest BCUT2D eigenvalue weighted by atomic mass is 19.4. The fourth-order valence-electron chi connectivity index (χ4n) is 3.47. The molecule has 0 radical (unpaired) electrons. The fraction of sp³-hybridized carbons (Fsp3) is 0.524. The van der Waals surface area contributed by atoms with Crippen LogP contribution >= 0.6 is 0 Å². The Hall–Kier alpha value is -2.99. The molecular formula is C21H27F3N6O3. The van der Waals surface area contributed by atoms with Crippen LogP contribution in [0, 0.1) is 0 Å². The van der Waals surface area contributed by atoms with Gasteiger partial charge in [0.05, 0.1) is 18.2 Å². The number of carbonyl (C=O) groups is 2. The van der Waals surface area contributed by atoms with Crippen LogP contribution in [0.5, 0.6) is 0 Å². The number of alkyl halides is 3. The molecule has 1 aliphatic heterocycles. The minimum absolute atomic E-state index is 0.0969. The van der Waals surface area contributed by atoms with E-state index in [1.54, 1.807) is 0 Å². The quantitative estimate of drug-likeness (QED) is 0.644. The van der Waals surface area contributed by atoms with Gasteiger partial charge in [-0.15, -0.1) is 0 Å². The summed E-state index contributed by atoms with van der Waals surface area (Å²) in [4.78, 5) is 31.9. The molecule has 0 spiro atoms. The Labute approximate surface area is 189 Å². The first-order valence-corrected chi connectivity index (χ1v) is 10.7. The molecule has 1 aromatic heterocycles. The number of piperazine rings is 1. The van der Waals surface area contributed by atoms with Gasteiger partial charge in [0.1, 0.15) is 0 Å². The summed E-state index contributed by atoms with van der Waals surface area (Å²) < 4.78 is 44.2. The number of imide groups is 1. The molecule has 1 fully saturated rings.